The number of aromatic nitrogens is 4. The standard InChI is InChI=1S/C14H14BrN5/c1-9-7-13(20-14(18-9)16-8-17-20)19-10(2)11-5-3-4-6-12(11)15/h3-8,10,19H,1-2H3/t10-/m1/s1. The van der Waals surface area contributed by atoms with Crippen molar-refractivity contribution in [3.8, 4) is 0 Å². The fourth-order valence-electron chi connectivity index (χ4n) is 2.16. The first kappa shape index (κ1) is 13.1. The van der Waals surface area contributed by atoms with Crippen molar-refractivity contribution in [2.75, 3.05) is 5.32 Å². The van der Waals surface area contributed by atoms with E-state index < -0.39 is 0 Å². The molecule has 2 heterocycles. The summed E-state index contributed by atoms with van der Waals surface area (Å²) in [5.74, 6) is 1.49. The van der Waals surface area contributed by atoms with Gasteiger partial charge in [0.2, 0.25) is 0 Å². The van der Waals surface area contributed by atoms with Crippen LogP contribution in [-0.2, 0) is 0 Å². The molecule has 0 aliphatic heterocycles. The molecule has 0 fully saturated rings. The second kappa shape index (κ2) is 5.20. The fraction of sp³-hybridized carbons (Fsp3) is 0.214. The number of halogens is 1. The smallest absolute Gasteiger partial charge is 0.254 e. The minimum Gasteiger partial charge on any atom is -0.363 e. The van der Waals surface area contributed by atoms with Crippen molar-refractivity contribution in [1.82, 2.24) is 19.6 Å². The quantitative estimate of drug-likeness (QED) is 0.799. The average molecular weight is 332 g/mol. The van der Waals surface area contributed by atoms with E-state index >= 15 is 0 Å². The van der Waals surface area contributed by atoms with Crippen LogP contribution in [0.4, 0.5) is 5.82 Å². The molecule has 2 aromatic heterocycles. The lowest BCUT2D eigenvalue weighted by Crippen LogP contribution is -2.11. The van der Waals surface area contributed by atoms with Gasteiger partial charge >= 0.3 is 0 Å². The summed E-state index contributed by atoms with van der Waals surface area (Å²) in [5.41, 5.74) is 2.10. The van der Waals surface area contributed by atoms with Crippen molar-refractivity contribution in [3.05, 3.63) is 52.4 Å². The first-order valence-corrected chi connectivity index (χ1v) is 7.13. The summed E-state index contributed by atoms with van der Waals surface area (Å²) in [6.07, 6.45) is 1.51. The van der Waals surface area contributed by atoms with E-state index in [9.17, 15) is 0 Å². The molecule has 1 aromatic carbocycles. The number of nitrogens with zero attached hydrogens (tertiary/aromatic N) is 4. The number of benzene rings is 1. The van der Waals surface area contributed by atoms with E-state index in [0.29, 0.717) is 5.78 Å². The predicted octanol–water partition coefficient (Wildman–Crippen LogP) is 3.37. The number of hydrogen-bond acceptors (Lipinski definition) is 4. The molecule has 0 spiro atoms. The molecule has 0 saturated heterocycles. The lowest BCUT2D eigenvalue weighted by Gasteiger charge is -2.17. The summed E-state index contributed by atoms with van der Waals surface area (Å²) >= 11 is 3.58. The Morgan fingerprint density at radius 1 is 1.30 bits per heavy atom. The van der Waals surface area contributed by atoms with E-state index in [4.69, 9.17) is 0 Å². The van der Waals surface area contributed by atoms with Crippen LogP contribution in [0.5, 0.6) is 0 Å². The van der Waals surface area contributed by atoms with E-state index in [1.165, 1.54) is 11.9 Å². The molecule has 102 valence electrons. The number of fused-ring (bicyclic) bond motifs is 1. The Bertz CT molecular complexity index is 752. The third kappa shape index (κ3) is 2.38. The Balaban J connectivity index is 1.97. The van der Waals surface area contributed by atoms with Crippen molar-refractivity contribution in [2.45, 2.75) is 19.9 Å². The van der Waals surface area contributed by atoms with Crippen molar-refractivity contribution < 1.29 is 0 Å². The van der Waals surface area contributed by atoms with Gasteiger partial charge in [0.15, 0.2) is 0 Å². The Morgan fingerprint density at radius 3 is 2.90 bits per heavy atom. The summed E-state index contributed by atoms with van der Waals surface area (Å²) in [6, 6.07) is 10.3. The van der Waals surface area contributed by atoms with Crippen LogP contribution in [0.2, 0.25) is 0 Å². The van der Waals surface area contributed by atoms with Crippen molar-refractivity contribution in [2.24, 2.45) is 0 Å². The van der Waals surface area contributed by atoms with Crippen LogP contribution in [0.3, 0.4) is 0 Å². The van der Waals surface area contributed by atoms with Crippen LogP contribution in [-0.4, -0.2) is 19.6 Å². The first-order valence-electron chi connectivity index (χ1n) is 6.33. The van der Waals surface area contributed by atoms with Gasteiger partial charge in [-0.05, 0) is 25.5 Å². The molecule has 0 saturated carbocycles. The topological polar surface area (TPSA) is 55.1 Å². The zero-order valence-corrected chi connectivity index (χ0v) is 12.8. The molecule has 0 aliphatic rings. The van der Waals surface area contributed by atoms with Gasteiger partial charge in [0.1, 0.15) is 12.1 Å². The van der Waals surface area contributed by atoms with Crippen molar-refractivity contribution >= 4 is 27.5 Å². The van der Waals surface area contributed by atoms with Gasteiger partial charge in [-0.2, -0.15) is 14.6 Å². The largest absolute Gasteiger partial charge is 0.363 e. The molecule has 0 aliphatic carbocycles. The molecule has 20 heavy (non-hydrogen) atoms. The van der Waals surface area contributed by atoms with Crippen LogP contribution in [0.15, 0.2) is 41.1 Å². The Hall–Kier alpha value is -1.95. The molecule has 5 nitrogen and oxygen atoms in total. The zero-order valence-electron chi connectivity index (χ0n) is 11.2. The molecule has 0 radical (unpaired) electrons. The summed E-state index contributed by atoms with van der Waals surface area (Å²) in [7, 11) is 0. The number of anilines is 1. The summed E-state index contributed by atoms with van der Waals surface area (Å²) < 4.78 is 2.79. The van der Waals surface area contributed by atoms with Gasteiger partial charge < -0.3 is 5.32 Å². The molecule has 3 aromatic rings. The summed E-state index contributed by atoms with van der Waals surface area (Å²) in [5, 5.41) is 7.66. The van der Waals surface area contributed by atoms with Gasteiger partial charge in [-0.25, -0.2) is 4.98 Å². The van der Waals surface area contributed by atoms with Gasteiger partial charge in [0.25, 0.3) is 5.78 Å². The lowest BCUT2D eigenvalue weighted by atomic mass is 10.1. The molecule has 1 atom stereocenters. The van der Waals surface area contributed by atoms with E-state index in [2.05, 4.69) is 49.3 Å². The molecule has 0 amide bonds. The van der Waals surface area contributed by atoms with Gasteiger partial charge in [0, 0.05) is 16.2 Å². The zero-order chi connectivity index (χ0) is 14.1. The van der Waals surface area contributed by atoms with Crippen LogP contribution in [0.1, 0.15) is 24.2 Å². The molecule has 3 rings (SSSR count). The van der Waals surface area contributed by atoms with Gasteiger partial charge in [-0.15, -0.1) is 0 Å². The van der Waals surface area contributed by atoms with E-state index in [1.54, 1.807) is 4.52 Å². The highest BCUT2D eigenvalue weighted by atomic mass is 79.9. The number of rotatable bonds is 3. The SMILES string of the molecule is Cc1cc(N[C@H](C)c2ccccc2Br)n2ncnc2n1. The highest BCUT2D eigenvalue weighted by molar-refractivity contribution is 9.10. The van der Waals surface area contributed by atoms with Crippen molar-refractivity contribution in [1.29, 1.82) is 0 Å². The number of aryl methyl sites for hydroxylation is 1. The molecule has 0 unspecified atom stereocenters. The number of nitrogens with one attached hydrogen (secondary N) is 1. The Morgan fingerprint density at radius 2 is 2.10 bits per heavy atom. The van der Waals surface area contributed by atoms with E-state index in [0.717, 1.165) is 16.0 Å². The van der Waals surface area contributed by atoms with E-state index in [1.807, 2.05) is 31.2 Å². The Labute approximate surface area is 125 Å². The minimum absolute atomic E-state index is 0.139. The third-order valence-electron chi connectivity index (χ3n) is 3.12. The second-order valence-electron chi connectivity index (χ2n) is 4.64. The molecular weight excluding hydrogens is 318 g/mol. The normalized spacial score (nSPS) is 12.6. The maximum absolute atomic E-state index is 4.33. The van der Waals surface area contributed by atoms with Gasteiger partial charge in [-0.3, -0.25) is 0 Å². The van der Waals surface area contributed by atoms with E-state index in [-0.39, 0.29) is 6.04 Å². The average Bonchev–Trinajstić information content (AvgIpc) is 2.87. The van der Waals surface area contributed by atoms with Crippen LogP contribution >= 0.6 is 15.9 Å². The minimum atomic E-state index is 0.139. The predicted molar refractivity (Wildman–Crippen MR) is 81.7 cm³/mol. The monoisotopic (exact) mass is 331 g/mol. The van der Waals surface area contributed by atoms with Gasteiger partial charge in [-0.1, -0.05) is 34.1 Å². The molecule has 0 bridgehead atoms. The Kier molecular flexibility index (Phi) is 3.40. The van der Waals surface area contributed by atoms with Crippen molar-refractivity contribution in [3.63, 3.8) is 0 Å². The maximum atomic E-state index is 4.33. The van der Waals surface area contributed by atoms with Crippen LogP contribution in [0.25, 0.3) is 5.78 Å². The summed E-state index contributed by atoms with van der Waals surface area (Å²) in [6.45, 7) is 4.06. The summed E-state index contributed by atoms with van der Waals surface area (Å²) in [4.78, 5) is 8.46. The highest BCUT2D eigenvalue weighted by Gasteiger charge is 2.12. The first-order chi connectivity index (χ1) is 9.65. The fourth-order valence-corrected chi connectivity index (χ4v) is 2.79. The second-order valence-corrected chi connectivity index (χ2v) is 5.50. The highest BCUT2D eigenvalue weighted by Crippen LogP contribution is 2.26. The van der Waals surface area contributed by atoms with Crippen LogP contribution in [0, 0.1) is 6.92 Å². The third-order valence-corrected chi connectivity index (χ3v) is 3.84. The molecule has 1 N–H and O–H groups in total. The number of hydrogen-bond donors (Lipinski definition) is 1. The molecular formula is C14H14BrN5. The lowest BCUT2D eigenvalue weighted by molar-refractivity contribution is 0.834. The van der Waals surface area contributed by atoms with Crippen LogP contribution < -0.4 is 5.32 Å². The molecule has 6 heteroatoms. The van der Waals surface area contributed by atoms with Gasteiger partial charge in [0.05, 0.1) is 6.04 Å². The maximum Gasteiger partial charge on any atom is 0.254 e.